The van der Waals surface area contributed by atoms with E-state index in [9.17, 15) is 9.59 Å². The highest BCUT2D eigenvalue weighted by atomic mass is 32.1. The maximum absolute atomic E-state index is 11.3. The third-order valence-electron chi connectivity index (χ3n) is 2.36. The number of ether oxygens (including phenoxy) is 1. The first-order chi connectivity index (χ1) is 7.59. The lowest BCUT2D eigenvalue weighted by Crippen LogP contribution is -2.27. The molecule has 0 spiro atoms. The molecule has 16 heavy (non-hydrogen) atoms. The van der Waals surface area contributed by atoms with E-state index < -0.39 is 5.97 Å². The molecule has 1 aliphatic heterocycles. The number of rotatable bonds is 3. The van der Waals surface area contributed by atoms with Crippen molar-refractivity contribution in [1.29, 1.82) is 0 Å². The molecule has 1 atom stereocenters. The summed E-state index contributed by atoms with van der Waals surface area (Å²) >= 11 is 1.23. The summed E-state index contributed by atoms with van der Waals surface area (Å²) in [6, 6.07) is -0.243. The Hall–Kier alpha value is -1.63. The number of cyclic esters (lactones) is 1. The van der Waals surface area contributed by atoms with Gasteiger partial charge in [0.1, 0.15) is 11.6 Å². The first-order valence-electron chi connectivity index (χ1n) is 4.71. The number of aromatic carboxylic acids is 1. The fraction of sp³-hybridized carbons (Fsp3) is 0.444. The molecule has 1 aromatic rings. The van der Waals surface area contributed by atoms with Gasteiger partial charge in [-0.3, -0.25) is 4.90 Å². The summed E-state index contributed by atoms with van der Waals surface area (Å²) in [4.78, 5) is 27.4. The number of amides is 1. The van der Waals surface area contributed by atoms with Gasteiger partial charge in [-0.1, -0.05) is 0 Å². The molecule has 1 fully saturated rings. The Bertz CT molecular complexity index is 431. The third-order valence-corrected chi connectivity index (χ3v) is 3.37. The fourth-order valence-electron chi connectivity index (χ4n) is 1.47. The molecule has 0 aliphatic carbocycles. The van der Waals surface area contributed by atoms with Crippen LogP contribution in [-0.2, 0) is 4.74 Å². The Balaban J connectivity index is 2.16. The van der Waals surface area contributed by atoms with Crippen molar-refractivity contribution in [3.05, 3.63) is 16.1 Å². The van der Waals surface area contributed by atoms with Gasteiger partial charge in [0.15, 0.2) is 5.69 Å². The quantitative estimate of drug-likeness (QED) is 0.865. The largest absolute Gasteiger partial charge is 0.476 e. The van der Waals surface area contributed by atoms with Crippen LogP contribution in [0.15, 0.2) is 5.38 Å². The number of thiazole rings is 1. The number of hydrogen-bond donors (Lipinski definition) is 1. The Morgan fingerprint density at radius 1 is 1.75 bits per heavy atom. The molecule has 1 amide bonds. The van der Waals surface area contributed by atoms with Crippen molar-refractivity contribution in [2.45, 2.75) is 13.0 Å². The molecule has 0 saturated carbocycles. The molecular weight excluding hydrogens is 232 g/mol. The van der Waals surface area contributed by atoms with Crippen LogP contribution in [0.1, 0.15) is 28.5 Å². The second-order valence-corrected chi connectivity index (χ2v) is 4.25. The summed E-state index contributed by atoms with van der Waals surface area (Å²) in [6.07, 6.45) is -0.375. The fourth-order valence-corrected chi connectivity index (χ4v) is 2.33. The van der Waals surface area contributed by atoms with Crippen LogP contribution in [0.5, 0.6) is 0 Å². The maximum atomic E-state index is 11.3. The Labute approximate surface area is 95.5 Å². The lowest BCUT2D eigenvalue weighted by molar-refractivity contribution is 0.0691. The number of hydrogen-bond acceptors (Lipinski definition) is 5. The zero-order valence-electron chi connectivity index (χ0n) is 8.54. The molecule has 1 aliphatic rings. The van der Waals surface area contributed by atoms with Gasteiger partial charge in [-0.15, -0.1) is 11.3 Å². The van der Waals surface area contributed by atoms with E-state index >= 15 is 0 Å². The second-order valence-electron chi connectivity index (χ2n) is 3.36. The van der Waals surface area contributed by atoms with Crippen molar-refractivity contribution in [2.75, 3.05) is 13.2 Å². The molecule has 0 radical (unpaired) electrons. The summed E-state index contributed by atoms with van der Waals surface area (Å²) in [5, 5.41) is 10.8. The SMILES string of the molecule is CC(c1nc(C(=O)O)cs1)N1CCOC1=O. The minimum Gasteiger partial charge on any atom is -0.476 e. The molecule has 86 valence electrons. The highest BCUT2D eigenvalue weighted by Gasteiger charge is 2.29. The Morgan fingerprint density at radius 2 is 2.50 bits per heavy atom. The van der Waals surface area contributed by atoms with Crippen molar-refractivity contribution in [3.8, 4) is 0 Å². The number of carboxylic acid groups (broad SMARTS) is 1. The predicted octanol–water partition coefficient (Wildman–Crippen LogP) is 1.35. The molecule has 1 saturated heterocycles. The summed E-state index contributed by atoms with van der Waals surface area (Å²) in [5.74, 6) is -1.06. The molecule has 7 heteroatoms. The van der Waals surface area contributed by atoms with Gasteiger partial charge in [0.05, 0.1) is 12.6 Å². The zero-order chi connectivity index (χ0) is 11.7. The molecule has 2 rings (SSSR count). The maximum Gasteiger partial charge on any atom is 0.410 e. The van der Waals surface area contributed by atoms with Crippen LogP contribution in [0.2, 0.25) is 0 Å². The normalized spacial score (nSPS) is 17.3. The first-order valence-corrected chi connectivity index (χ1v) is 5.59. The van der Waals surface area contributed by atoms with Crippen molar-refractivity contribution < 1.29 is 19.4 Å². The minimum atomic E-state index is -1.06. The van der Waals surface area contributed by atoms with E-state index in [4.69, 9.17) is 9.84 Å². The van der Waals surface area contributed by atoms with Crippen LogP contribution in [0, 0.1) is 0 Å². The van der Waals surface area contributed by atoms with Crippen molar-refractivity contribution in [3.63, 3.8) is 0 Å². The molecule has 1 N–H and O–H groups in total. The lowest BCUT2D eigenvalue weighted by Gasteiger charge is -2.18. The second kappa shape index (κ2) is 4.09. The summed E-state index contributed by atoms with van der Waals surface area (Å²) in [5.41, 5.74) is 0.0133. The van der Waals surface area contributed by atoms with Crippen LogP contribution < -0.4 is 0 Å². The van der Waals surface area contributed by atoms with E-state index in [1.807, 2.05) is 0 Å². The topological polar surface area (TPSA) is 79.7 Å². The average Bonchev–Trinajstić information content (AvgIpc) is 2.84. The van der Waals surface area contributed by atoms with Gasteiger partial charge >= 0.3 is 12.1 Å². The number of carbonyl (C=O) groups excluding carboxylic acids is 1. The van der Waals surface area contributed by atoms with E-state index in [-0.39, 0.29) is 17.8 Å². The van der Waals surface area contributed by atoms with Gasteiger partial charge in [-0.05, 0) is 6.92 Å². The average molecular weight is 242 g/mol. The standard InChI is InChI=1S/C9H10N2O4S/c1-5(11-2-3-15-9(11)14)7-10-6(4-16-7)8(12)13/h4-5H,2-3H2,1H3,(H,12,13). The van der Waals surface area contributed by atoms with Crippen LogP contribution in [0.25, 0.3) is 0 Å². The van der Waals surface area contributed by atoms with Crippen LogP contribution >= 0.6 is 11.3 Å². The molecule has 0 bridgehead atoms. The van der Waals surface area contributed by atoms with Gasteiger partial charge in [0.2, 0.25) is 0 Å². The smallest absolute Gasteiger partial charge is 0.410 e. The minimum absolute atomic E-state index is 0.0133. The van der Waals surface area contributed by atoms with E-state index in [0.717, 1.165) is 0 Å². The first kappa shape index (κ1) is 10.9. The van der Waals surface area contributed by atoms with Crippen LogP contribution in [0.4, 0.5) is 4.79 Å². The highest BCUT2D eigenvalue weighted by molar-refractivity contribution is 7.09. The zero-order valence-corrected chi connectivity index (χ0v) is 9.36. The summed E-state index contributed by atoms with van der Waals surface area (Å²) in [6.45, 7) is 2.69. The lowest BCUT2D eigenvalue weighted by atomic mass is 10.3. The number of aromatic nitrogens is 1. The molecular formula is C9H10N2O4S. The van der Waals surface area contributed by atoms with E-state index in [1.165, 1.54) is 21.6 Å². The summed E-state index contributed by atoms with van der Waals surface area (Å²) < 4.78 is 4.81. The van der Waals surface area contributed by atoms with Gasteiger partial charge < -0.3 is 9.84 Å². The number of carbonyl (C=O) groups is 2. The van der Waals surface area contributed by atoms with Crippen molar-refractivity contribution in [2.24, 2.45) is 0 Å². The third kappa shape index (κ3) is 1.85. The van der Waals surface area contributed by atoms with Gasteiger partial charge in [0.25, 0.3) is 0 Å². The molecule has 1 aromatic heterocycles. The molecule has 0 aromatic carbocycles. The Kier molecular flexibility index (Phi) is 2.78. The molecule has 6 nitrogen and oxygen atoms in total. The van der Waals surface area contributed by atoms with Gasteiger partial charge in [0, 0.05) is 5.38 Å². The predicted molar refractivity (Wildman–Crippen MR) is 55.5 cm³/mol. The van der Waals surface area contributed by atoms with E-state index in [1.54, 1.807) is 6.92 Å². The number of nitrogens with zero attached hydrogens (tertiary/aromatic N) is 2. The number of carboxylic acids is 1. The van der Waals surface area contributed by atoms with Crippen LogP contribution in [0.3, 0.4) is 0 Å². The van der Waals surface area contributed by atoms with E-state index in [0.29, 0.717) is 18.2 Å². The highest BCUT2D eigenvalue weighted by Crippen LogP contribution is 2.26. The monoisotopic (exact) mass is 242 g/mol. The van der Waals surface area contributed by atoms with Crippen molar-refractivity contribution in [1.82, 2.24) is 9.88 Å². The van der Waals surface area contributed by atoms with Crippen LogP contribution in [-0.4, -0.2) is 40.2 Å². The van der Waals surface area contributed by atoms with Gasteiger partial charge in [-0.25, -0.2) is 14.6 Å². The summed E-state index contributed by atoms with van der Waals surface area (Å²) in [7, 11) is 0. The van der Waals surface area contributed by atoms with E-state index in [2.05, 4.69) is 4.98 Å². The van der Waals surface area contributed by atoms with Crippen molar-refractivity contribution >= 4 is 23.4 Å². The molecule has 2 heterocycles. The molecule has 1 unspecified atom stereocenters. The Morgan fingerprint density at radius 3 is 3.00 bits per heavy atom. The van der Waals surface area contributed by atoms with Gasteiger partial charge in [-0.2, -0.15) is 0 Å².